The Morgan fingerprint density at radius 2 is 1.28 bits per heavy atom. The molecule has 3 aromatic rings. The molecule has 46 heavy (non-hydrogen) atoms. The molecule has 0 radical (unpaired) electrons. The molecular weight excluding hydrogens is 576 g/mol. The molecule has 0 N–H and O–H groups in total. The normalized spacial score (nSPS) is 24.0. The second kappa shape index (κ2) is 9.71. The lowest BCUT2D eigenvalue weighted by molar-refractivity contribution is -0.133. The first-order valence-electron chi connectivity index (χ1n) is 16.5. The molecule has 9 rings (SSSR count). The Bertz CT molecular complexity index is 2150. The highest BCUT2D eigenvalue weighted by Crippen LogP contribution is 2.53. The third-order valence-electron chi connectivity index (χ3n) is 11.4. The molecule has 0 bridgehead atoms. The van der Waals surface area contributed by atoms with Crippen LogP contribution in [0.5, 0.6) is 0 Å². The van der Waals surface area contributed by atoms with Crippen molar-refractivity contribution < 1.29 is 19.2 Å². The minimum atomic E-state index is -0.791. The summed E-state index contributed by atoms with van der Waals surface area (Å²) in [5.74, 6) is -2.69. The van der Waals surface area contributed by atoms with Crippen molar-refractivity contribution >= 4 is 56.8 Å². The van der Waals surface area contributed by atoms with Crippen LogP contribution in [0.2, 0.25) is 0 Å². The molecule has 4 amide bonds. The van der Waals surface area contributed by atoms with Gasteiger partial charge in [0.25, 0.3) is 11.8 Å². The molecule has 2 saturated carbocycles. The number of imide groups is 2. The Morgan fingerprint density at radius 1 is 0.674 bits per heavy atom. The summed E-state index contributed by atoms with van der Waals surface area (Å²) in [6, 6.07) is 9.55. The Balaban J connectivity index is 1.34. The van der Waals surface area contributed by atoms with Gasteiger partial charge in [-0.2, -0.15) is 10.5 Å². The van der Waals surface area contributed by atoms with Gasteiger partial charge in [-0.15, -0.1) is 0 Å². The van der Waals surface area contributed by atoms with Crippen molar-refractivity contribution in [2.24, 2.45) is 0 Å². The van der Waals surface area contributed by atoms with E-state index in [2.05, 4.69) is 12.1 Å². The summed E-state index contributed by atoms with van der Waals surface area (Å²) in [6.07, 6.45) is 14.5. The zero-order valence-corrected chi connectivity index (χ0v) is 25.3. The number of amides is 4. The molecule has 3 aromatic carbocycles. The van der Waals surface area contributed by atoms with E-state index in [1.807, 2.05) is 18.2 Å². The van der Waals surface area contributed by atoms with Crippen LogP contribution in [0.3, 0.4) is 0 Å². The Kier molecular flexibility index (Phi) is 5.75. The number of fused-ring (bicyclic) bond motifs is 2. The molecule has 226 valence electrons. The fraction of sp³-hybridized carbons (Fsp3) is 0.368. The van der Waals surface area contributed by atoms with Crippen molar-refractivity contribution in [3.05, 3.63) is 69.3 Å². The van der Waals surface area contributed by atoms with Gasteiger partial charge in [-0.05, 0) is 76.7 Å². The van der Waals surface area contributed by atoms with Gasteiger partial charge < -0.3 is 0 Å². The lowest BCUT2D eigenvalue weighted by atomic mass is 9.70. The minimum absolute atomic E-state index is 0.157. The van der Waals surface area contributed by atoms with Crippen LogP contribution in [-0.2, 0) is 9.59 Å². The number of carbonyl (C=O) groups excluding carboxylic acids is 4. The molecule has 8 heteroatoms. The second-order valence-corrected chi connectivity index (χ2v) is 13.6. The van der Waals surface area contributed by atoms with Gasteiger partial charge in [0, 0.05) is 34.2 Å². The maximum Gasteiger partial charge on any atom is 0.261 e. The fourth-order valence-electron chi connectivity index (χ4n) is 9.40. The van der Waals surface area contributed by atoms with Crippen LogP contribution < -0.4 is 0 Å². The van der Waals surface area contributed by atoms with E-state index < -0.39 is 11.8 Å². The molecule has 0 saturated heterocycles. The molecular formula is C38H30N4O4. The summed E-state index contributed by atoms with van der Waals surface area (Å²) in [7, 11) is 0. The van der Waals surface area contributed by atoms with Gasteiger partial charge in [0.15, 0.2) is 0 Å². The summed E-state index contributed by atoms with van der Waals surface area (Å²) in [4.78, 5) is 59.3. The summed E-state index contributed by atoms with van der Waals surface area (Å²) < 4.78 is 0. The average molecular weight is 607 g/mol. The Morgan fingerprint density at radius 3 is 1.91 bits per heavy atom. The number of allylic oxidation sites excluding steroid dienone is 1. The summed E-state index contributed by atoms with van der Waals surface area (Å²) in [5.41, 5.74) is 3.83. The van der Waals surface area contributed by atoms with Gasteiger partial charge in [-0.25, -0.2) is 0 Å². The number of nitriles is 2. The molecule has 6 aliphatic rings. The number of benzene rings is 3. The highest BCUT2D eigenvalue weighted by Gasteiger charge is 2.48. The number of nitrogens with zero attached hydrogens (tertiary/aromatic N) is 4. The smallest absolute Gasteiger partial charge is 0.261 e. The standard InChI is InChI=1S/C38H30N4O4/c39-17-19-15-27-31-25(35(43)41(37(27)45)21-7-3-1-4-8-21)13-11-23-30-20(18-40)16-28-32-26(14-12-24(34(30)32)29(19)33(23)31)36(44)42(38(28)46)22-9-5-2-6-10-22/h11-16,21-22,25,28H,1-10H2. The minimum Gasteiger partial charge on any atom is -0.275 e. The van der Waals surface area contributed by atoms with E-state index in [-0.39, 0.29) is 35.7 Å². The van der Waals surface area contributed by atoms with Crippen molar-refractivity contribution in [2.45, 2.75) is 88.1 Å². The van der Waals surface area contributed by atoms with Crippen molar-refractivity contribution in [1.29, 1.82) is 10.5 Å². The lowest BCUT2D eigenvalue weighted by Crippen LogP contribution is -2.51. The van der Waals surface area contributed by atoms with Crippen LogP contribution in [0.1, 0.15) is 125 Å². The average Bonchev–Trinajstić information content (AvgIpc) is 3.09. The largest absolute Gasteiger partial charge is 0.275 e. The van der Waals surface area contributed by atoms with E-state index in [1.165, 1.54) is 9.80 Å². The summed E-state index contributed by atoms with van der Waals surface area (Å²) in [6.45, 7) is 0. The zero-order chi connectivity index (χ0) is 31.4. The van der Waals surface area contributed by atoms with E-state index in [0.717, 1.165) is 64.2 Å². The van der Waals surface area contributed by atoms with Crippen LogP contribution in [0, 0.1) is 22.7 Å². The van der Waals surface area contributed by atoms with Gasteiger partial charge in [-0.3, -0.25) is 29.0 Å². The van der Waals surface area contributed by atoms with Crippen LogP contribution >= 0.6 is 0 Å². The predicted molar refractivity (Wildman–Crippen MR) is 170 cm³/mol. The number of rotatable bonds is 2. The van der Waals surface area contributed by atoms with Crippen molar-refractivity contribution in [3.63, 3.8) is 0 Å². The number of hydrogen-bond donors (Lipinski definition) is 0. The maximum absolute atomic E-state index is 14.1. The molecule has 2 atom stereocenters. The molecule has 2 heterocycles. The lowest BCUT2D eigenvalue weighted by Gasteiger charge is -2.41. The van der Waals surface area contributed by atoms with E-state index in [9.17, 15) is 29.7 Å². The monoisotopic (exact) mass is 606 g/mol. The third kappa shape index (κ3) is 3.37. The maximum atomic E-state index is 14.1. The highest BCUT2D eigenvalue weighted by molar-refractivity contribution is 6.28. The Labute approximate surface area is 265 Å². The van der Waals surface area contributed by atoms with Gasteiger partial charge in [0.2, 0.25) is 11.8 Å². The molecule has 2 unspecified atom stereocenters. The van der Waals surface area contributed by atoms with Crippen LogP contribution in [0.25, 0.3) is 33.2 Å². The molecule has 2 aliphatic heterocycles. The van der Waals surface area contributed by atoms with E-state index in [4.69, 9.17) is 0 Å². The van der Waals surface area contributed by atoms with Crippen molar-refractivity contribution in [1.82, 2.24) is 9.80 Å². The summed E-state index contributed by atoms with van der Waals surface area (Å²) in [5, 5.41) is 23.5. The van der Waals surface area contributed by atoms with E-state index in [1.54, 1.807) is 18.2 Å². The number of carbonyl (C=O) groups is 4. The van der Waals surface area contributed by atoms with Gasteiger partial charge in [0.05, 0.1) is 35.1 Å². The molecule has 0 spiro atoms. The fourth-order valence-corrected chi connectivity index (χ4v) is 9.40. The first-order valence-corrected chi connectivity index (χ1v) is 16.5. The molecule has 4 aliphatic carbocycles. The zero-order valence-electron chi connectivity index (χ0n) is 25.3. The quantitative estimate of drug-likeness (QED) is 0.239. The van der Waals surface area contributed by atoms with Crippen molar-refractivity contribution in [3.8, 4) is 12.1 Å². The predicted octanol–water partition coefficient (Wildman–Crippen LogP) is 6.61. The third-order valence-corrected chi connectivity index (χ3v) is 11.4. The molecule has 8 nitrogen and oxygen atoms in total. The Hall–Kier alpha value is -5.08. The SMILES string of the molecule is N#CC1=CC2C(=O)N(C3CCCCC3)C(=O)c3ccc4c(c1c1c5c6c(cc(C#N)c54)C(=O)N(C4CCCCC4)C(=O)C6C=C1)c32. The van der Waals surface area contributed by atoms with Crippen LogP contribution in [0.15, 0.2) is 30.4 Å². The topological polar surface area (TPSA) is 122 Å². The van der Waals surface area contributed by atoms with Gasteiger partial charge in [0.1, 0.15) is 0 Å². The molecule has 0 aromatic heterocycles. The van der Waals surface area contributed by atoms with Crippen LogP contribution in [-0.4, -0.2) is 45.5 Å². The van der Waals surface area contributed by atoms with Crippen LogP contribution in [0.4, 0.5) is 0 Å². The van der Waals surface area contributed by atoms with E-state index in [0.29, 0.717) is 66.1 Å². The first-order chi connectivity index (χ1) is 22.4. The second-order valence-electron chi connectivity index (χ2n) is 13.6. The summed E-state index contributed by atoms with van der Waals surface area (Å²) >= 11 is 0. The highest BCUT2D eigenvalue weighted by atomic mass is 16.2. The first kappa shape index (κ1) is 27.2. The number of hydrogen-bond acceptors (Lipinski definition) is 6. The van der Waals surface area contributed by atoms with Gasteiger partial charge in [-0.1, -0.05) is 56.7 Å². The van der Waals surface area contributed by atoms with Crippen molar-refractivity contribution in [2.75, 3.05) is 0 Å². The van der Waals surface area contributed by atoms with E-state index >= 15 is 0 Å². The molecule has 2 fully saturated rings. The van der Waals surface area contributed by atoms with Gasteiger partial charge >= 0.3 is 0 Å².